The van der Waals surface area contributed by atoms with E-state index >= 15 is 0 Å². The van der Waals surface area contributed by atoms with Crippen LogP contribution in [0.25, 0.3) is 0 Å². The van der Waals surface area contributed by atoms with Crippen LogP contribution in [0.15, 0.2) is 42.5 Å². The molecule has 0 aliphatic carbocycles. The van der Waals surface area contributed by atoms with Gasteiger partial charge in [-0.3, -0.25) is 4.79 Å². The highest BCUT2D eigenvalue weighted by Gasteiger charge is 2.22. The van der Waals surface area contributed by atoms with Crippen molar-refractivity contribution in [1.82, 2.24) is 4.31 Å². The number of benzene rings is 2. The molecule has 25 heavy (non-hydrogen) atoms. The van der Waals surface area contributed by atoms with Crippen molar-refractivity contribution in [2.24, 2.45) is 0 Å². The second-order valence-electron chi connectivity index (χ2n) is 5.29. The van der Waals surface area contributed by atoms with Gasteiger partial charge in [-0.2, -0.15) is 4.31 Å². The molecule has 0 saturated heterocycles. The van der Waals surface area contributed by atoms with E-state index in [-0.39, 0.29) is 6.54 Å². The summed E-state index contributed by atoms with van der Waals surface area (Å²) in [5.41, 5.74) is 0.0804. The summed E-state index contributed by atoms with van der Waals surface area (Å²) in [4.78, 5) is 12.0. The molecule has 0 spiro atoms. The van der Waals surface area contributed by atoms with Crippen LogP contribution in [-0.4, -0.2) is 31.4 Å². The molecule has 0 radical (unpaired) electrons. The largest absolute Gasteiger partial charge is 0.322 e. The summed E-state index contributed by atoms with van der Waals surface area (Å²) < 4.78 is 64.2. The van der Waals surface area contributed by atoms with Gasteiger partial charge < -0.3 is 5.32 Å². The zero-order valence-corrected chi connectivity index (χ0v) is 14.0. The standard InChI is InChI=1S/C16H15F3N2O3S/c1-25(23,24)21(9-11-5-3-2-4-6-11)10-14(22)20-13-8-7-12(17)15(18)16(13)19/h2-8H,9-10H2,1H3,(H,20,22). The smallest absolute Gasteiger partial charge is 0.239 e. The maximum absolute atomic E-state index is 13.6. The van der Waals surface area contributed by atoms with Crippen molar-refractivity contribution in [2.75, 3.05) is 18.1 Å². The Kier molecular flexibility index (Phi) is 5.81. The normalized spacial score (nSPS) is 11.6. The third-order valence-electron chi connectivity index (χ3n) is 3.30. The minimum Gasteiger partial charge on any atom is -0.322 e. The monoisotopic (exact) mass is 372 g/mol. The lowest BCUT2D eigenvalue weighted by atomic mass is 10.2. The highest BCUT2D eigenvalue weighted by atomic mass is 32.2. The lowest BCUT2D eigenvalue weighted by molar-refractivity contribution is -0.116. The molecule has 1 N–H and O–H groups in total. The Morgan fingerprint density at radius 2 is 1.68 bits per heavy atom. The molecule has 9 heteroatoms. The molecule has 1 amide bonds. The van der Waals surface area contributed by atoms with Crippen LogP contribution >= 0.6 is 0 Å². The van der Waals surface area contributed by atoms with Crippen molar-refractivity contribution in [3.8, 4) is 0 Å². The van der Waals surface area contributed by atoms with Gasteiger partial charge in [0.25, 0.3) is 0 Å². The number of carbonyl (C=O) groups is 1. The van der Waals surface area contributed by atoms with E-state index < -0.39 is 45.6 Å². The van der Waals surface area contributed by atoms with Gasteiger partial charge in [0.15, 0.2) is 17.5 Å². The SMILES string of the molecule is CS(=O)(=O)N(CC(=O)Nc1ccc(F)c(F)c1F)Cc1ccccc1. The van der Waals surface area contributed by atoms with Crippen molar-refractivity contribution in [1.29, 1.82) is 0 Å². The molecule has 0 unspecified atom stereocenters. The summed E-state index contributed by atoms with van der Waals surface area (Å²) in [5, 5.41) is 2.04. The Labute approximate surface area is 143 Å². The van der Waals surface area contributed by atoms with E-state index in [9.17, 15) is 26.4 Å². The topological polar surface area (TPSA) is 66.5 Å². The number of halogens is 3. The van der Waals surface area contributed by atoms with Crippen LogP contribution in [0.3, 0.4) is 0 Å². The van der Waals surface area contributed by atoms with Crippen LogP contribution in [0.2, 0.25) is 0 Å². The van der Waals surface area contributed by atoms with Crippen LogP contribution in [-0.2, 0) is 21.4 Å². The molecule has 2 aromatic rings. The van der Waals surface area contributed by atoms with Gasteiger partial charge in [-0.15, -0.1) is 0 Å². The molecule has 0 aliphatic heterocycles. The molecule has 0 aromatic heterocycles. The lowest BCUT2D eigenvalue weighted by Crippen LogP contribution is -2.37. The zero-order chi connectivity index (χ0) is 18.6. The number of nitrogens with one attached hydrogen (secondary N) is 1. The number of amides is 1. The summed E-state index contributed by atoms with van der Waals surface area (Å²) in [5.74, 6) is -5.55. The Morgan fingerprint density at radius 1 is 1.04 bits per heavy atom. The molecule has 0 saturated carbocycles. The van der Waals surface area contributed by atoms with E-state index in [1.54, 1.807) is 30.3 Å². The first-order chi connectivity index (χ1) is 11.7. The molecular formula is C16H15F3N2O3S. The number of rotatable bonds is 6. The van der Waals surface area contributed by atoms with Gasteiger partial charge in [0.1, 0.15) is 0 Å². The number of nitrogens with zero attached hydrogens (tertiary/aromatic N) is 1. The fourth-order valence-electron chi connectivity index (χ4n) is 2.05. The summed E-state index contributed by atoms with van der Waals surface area (Å²) in [6.45, 7) is -0.667. The maximum Gasteiger partial charge on any atom is 0.239 e. The Balaban J connectivity index is 2.14. The molecule has 134 valence electrons. The van der Waals surface area contributed by atoms with Gasteiger partial charge in [0, 0.05) is 6.54 Å². The van der Waals surface area contributed by atoms with Crippen molar-refractivity contribution >= 4 is 21.6 Å². The van der Waals surface area contributed by atoms with Crippen molar-refractivity contribution < 1.29 is 26.4 Å². The molecule has 5 nitrogen and oxygen atoms in total. The summed E-state index contributed by atoms with van der Waals surface area (Å²) in [6.07, 6.45) is 0.932. The summed E-state index contributed by atoms with van der Waals surface area (Å²) in [7, 11) is -3.73. The molecule has 0 fully saturated rings. The van der Waals surface area contributed by atoms with Gasteiger partial charge in [0.2, 0.25) is 15.9 Å². The van der Waals surface area contributed by atoms with Gasteiger partial charge in [0.05, 0.1) is 18.5 Å². The predicted octanol–water partition coefficient (Wildman–Crippen LogP) is 2.50. The molecule has 2 aromatic carbocycles. The van der Waals surface area contributed by atoms with E-state index in [1.807, 2.05) is 5.32 Å². The van der Waals surface area contributed by atoms with E-state index in [0.29, 0.717) is 11.6 Å². The fraction of sp³-hybridized carbons (Fsp3) is 0.188. The van der Waals surface area contributed by atoms with E-state index in [2.05, 4.69) is 0 Å². The van der Waals surface area contributed by atoms with E-state index in [0.717, 1.165) is 16.6 Å². The maximum atomic E-state index is 13.6. The number of hydrogen-bond donors (Lipinski definition) is 1. The minimum absolute atomic E-state index is 0.0621. The highest BCUT2D eigenvalue weighted by molar-refractivity contribution is 7.88. The second kappa shape index (κ2) is 7.66. The predicted molar refractivity (Wildman–Crippen MR) is 86.6 cm³/mol. The highest BCUT2D eigenvalue weighted by Crippen LogP contribution is 2.19. The zero-order valence-electron chi connectivity index (χ0n) is 13.2. The van der Waals surface area contributed by atoms with Crippen LogP contribution in [0.1, 0.15) is 5.56 Å². The van der Waals surface area contributed by atoms with Crippen molar-refractivity contribution in [3.63, 3.8) is 0 Å². The third-order valence-corrected chi connectivity index (χ3v) is 4.50. The van der Waals surface area contributed by atoms with Crippen LogP contribution in [0.5, 0.6) is 0 Å². The van der Waals surface area contributed by atoms with Gasteiger partial charge in [-0.1, -0.05) is 30.3 Å². The van der Waals surface area contributed by atoms with Gasteiger partial charge in [-0.25, -0.2) is 21.6 Å². The Bertz CT molecular complexity index is 874. The molecule has 0 aliphatic rings. The number of carbonyl (C=O) groups excluding carboxylic acids is 1. The minimum atomic E-state index is -3.73. The van der Waals surface area contributed by atoms with Gasteiger partial charge >= 0.3 is 0 Å². The Hall–Kier alpha value is -2.39. The first-order valence-electron chi connectivity index (χ1n) is 7.11. The number of sulfonamides is 1. The van der Waals surface area contributed by atoms with E-state index in [4.69, 9.17) is 0 Å². The molecule has 0 heterocycles. The quantitative estimate of drug-likeness (QED) is 0.793. The lowest BCUT2D eigenvalue weighted by Gasteiger charge is -2.19. The second-order valence-corrected chi connectivity index (χ2v) is 7.27. The van der Waals surface area contributed by atoms with Crippen molar-refractivity contribution in [2.45, 2.75) is 6.54 Å². The first-order valence-corrected chi connectivity index (χ1v) is 8.95. The fourth-order valence-corrected chi connectivity index (χ4v) is 2.79. The van der Waals surface area contributed by atoms with Gasteiger partial charge in [-0.05, 0) is 17.7 Å². The number of anilines is 1. The van der Waals surface area contributed by atoms with Crippen LogP contribution in [0.4, 0.5) is 18.9 Å². The third kappa shape index (κ3) is 5.04. The van der Waals surface area contributed by atoms with Crippen molar-refractivity contribution in [3.05, 3.63) is 65.5 Å². The first kappa shape index (κ1) is 18.9. The average Bonchev–Trinajstić information content (AvgIpc) is 2.55. The van der Waals surface area contributed by atoms with E-state index in [1.165, 1.54) is 0 Å². The average molecular weight is 372 g/mol. The van der Waals surface area contributed by atoms with Crippen LogP contribution < -0.4 is 5.32 Å². The molecule has 0 bridgehead atoms. The summed E-state index contributed by atoms with van der Waals surface area (Å²) >= 11 is 0. The molecule has 0 atom stereocenters. The van der Waals surface area contributed by atoms with Crippen LogP contribution in [0, 0.1) is 17.5 Å². The number of hydrogen-bond acceptors (Lipinski definition) is 3. The molecular weight excluding hydrogens is 357 g/mol. The molecule has 2 rings (SSSR count). The Morgan fingerprint density at radius 3 is 2.28 bits per heavy atom. The summed E-state index contributed by atoms with van der Waals surface area (Å²) in [6, 6.07) is 10.1.